The van der Waals surface area contributed by atoms with Crippen molar-refractivity contribution in [3.8, 4) is 39.3 Å². The van der Waals surface area contributed by atoms with Crippen LogP contribution in [0.15, 0.2) is 206 Å². The standard InChI is InChI=1S/C53H34N4/c1-3-15-35(16-4-1)36-27-29-37(30-28-36)39-33-44(38-17-5-2-6-18-38)54-51(34-39)55-45-23-11-9-21-42(45)52-49(55)31-32-50-53(52)43-22-10-14-26-48(43)57(50)56-46-24-12-7-19-40(46)41-20-8-13-25-47(41)56/h1-34H. The van der Waals surface area contributed by atoms with E-state index in [1.165, 1.54) is 54.5 Å². The third-order valence-electron chi connectivity index (χ3n) is 11.6. The van der Waals surface area contributed by atoms with Gasteiger partial charge in [-0.25, -0.2) is 14.3 Å². The summed E-state index contributed by atoms with van der Waals surface area (Å²) in [5.41, 5.74) is 13.6. The van der Waals surface area contributed by atoms with Crippen molar-refractivity contribution in [1.82, 2.24) is 18.9 Å². The molecule has 0 bridgehead atoms. The van der Waals surface area contributed by atoms with Crippen LogP contribution in [0.5, 0.6) is 0 Å². The van der Waals surface area contributed by atoms with E-state index >= 15 is 0 Å². The molecule has 0 amide bonds. The molecule has 0 aliphatic rings. The summed E-state index contributed by atoms with van der Waals surface area (Å²) in [4.78, 5) is 5.45. The quantitative estimate of drug-likeness (QED) is 0.174. The molecule has 4 aromatic heterocycles. The fraction of sp³-hybridized carbons (Fsp3) is 0. The van der Waals surface area contributed by atoms with Gasteiger partial charge in [0.05, 0.1) is 38.8 Å². The molecule has 0 aliphatic carbocycles. The SMILES string of the molecule is c1ccc(-c2ccc(-c3cc(-c4ccccc4)nc(-n4c5ccccc5c5c6c7ccccc7n(-n7c8ccccc8c8ccccc87)c6ccc54)c3)cc2)cc1. The van der Waals surface area contributed by atoms with Crippen LogP contribution in [0.25, 0.3) is 105 Å². The molecule has 0 radical (unpaired) electrons. The van der Waals surface area contributed by atoms with Crippen LogP contribution in [0.1, 0.15) is 0 Å². The molecular weight excluding hydrogens is 693 g/mol. The van der Waals surface area contributed by atoms with E-state index < -0.39 is 0 Å². The summed E-state index contributed by atoms with van der Waals surface area (Å²) in [5, 5.41) is 7.35. The van der Waals surface area contributed by atoms with E-state index in [0.29, 0.717) is 0 Å². The van der Waals surface area contributed by atoms with Gasteiger partial charge in [-0.1, -0.05) is 158 Å². The first-order chi connectivity index (χ1) is 28.3. The fourth-order valence-corrected chi connectivity index (χ4v) is 9.12. The molecule has 0 fully saturated rings. The van der Waals surface area contributed by atoms with E-state index in [1.807, 2.05) is 0 Å². The van der Waals surface area contributed by atoms with Gasteiger partial charge in [-0.15, -0.1) is 0 Å². The number of fused-ring (bicyclic) bond motifs is 10. The topological polar surface area (TPSA) is 27.7 Å². The molecular formula is C53H34N4. The van der Waals surface area contributed by atoms with Crippen molar-refractivity contribution in [3.63, 3.8) is 0 Å². The van der Waals surface area contributed by atoms with Crippen molar-refractivity contribution >= 4 is 65.4 Å². The summed E-state index contributed by atoms with van der Waals surface area (Å²) in [6, 6.07) is 74.2. The van der Waals surface area contributed by atoms with Gasteiger partial charge in [0.1, 0.15) is 5.82 Å². The molecule has 266 valence electrons. The van der Waals surface area contributed by atoms with Gasteiger partial charge in [0.2, 0.25) is 0 Å². The highest BCUT2D eigenvalue weighted by Gasteiger charge is 2.23. The molecule has 0 spiro atoms. The predicted octanol–water partition coefficient (Wildman–Crippen LogP) is 13.7. The average molecular weight is 727 g/mol. The summed E-state index contributed by atoms with van der Waals surface area (Å²) in [5.74, 6) is 0.884. The zero-order valence-electron chi connectivity index (χ0n) is 30.9. The Labute approximate surface area is 328 Å². The average Bonchev–Trinajstić information content (AvgIpc) is 3.92. The Morgan fingerprint density at radius 3 is 1.33 bits per heavy atom. The van der Waals surface area contributed by atoms with Crippen LogP contribution < -0.4 is 0 Å². The van der Waals surface area contributed by atoms with Crippen molar-refractivity contribution in [2.75, 3.05) is 0 Å². The maximum atomic E-state index is 5.45. The number of hydrogen-bond acceptors (Lipinski definition) is 1. The third-order valence-corrected chi connectivity index (χ3v) is 11.6. The molecule has 4 nitrogen and oxygen atoms in total. The molecule has 57 heavy (non-hydrogen) atoms. The Balaban J connectivity index is 1.15. The predicted molar refractivity (Wildman–Crippen MR) is 238 cm³/mol. The number of hydrogen-bond donors (Lipinski definition) is 0. The highest BCUT2D eigenvalue weighted by atomic mass is 15.5. The minimum absolute atomic E-state index is 0.884. The van der Waals surface area contributed by atoms with Crippen molar-refractivity contribution in [2.24, 2.45) is 0 Å². The van der Waals surface area contributed by atoms with Gasteiger partial charge in [-0.3, -0.25) is 4.57 Å². The lowest BCUT2D eigenvalue weighted by molar-refractivity contribution is 0.775. The molecule has 0 atom stereocenters. The Kier molecular flexibility index (Phi) is 6.89. The van der Waals surface area contributed by atoms with Crippen LogP contribution in [0.3, 0.4) is 0 Å². The number of para-hydroxylation sites is 4. The van der Waals surface area contributed by atoms with Crippen LogP contribution in [0, 0.1) is 0 Å². The van der Waals surface area contributed by atoms with Crippen LogP contribution >= 0.6 is 0 Å². The first-order valence-electron chi connectivity index (χ1n) is 19.5. The van der Waals surface area contributed by atoms with E-state index in [-0.39, 0.29) is 0 Å². The molecule has 0 unspecified atom stereocenters. The molecule has 8 aromatic carbocycles. The van der Waals surface area contributed by atoms with Crippen molar-refractivity contribution in [3.05, 3.63) is 206 Å². The van der Waals surface area contributed by atoms with Crippen molar-refractivity contribution < 1.29 is 0 Å². The Morgan fingerprint density at radius 2 is 0.702 bits per heavy atom. The van der Waals surface area contributed by atoms with Gasteiger partial charge >= 0.3 is 0 Å². The number of benzene rings is 8. The Bertz CT molecular complexity index is 3440. The van der Waals surface area contributed by atoms with E-state index in [0.717, 1.165) is 50.3 Å². The highest BCUT2D eigenvalue weighted by Crippen LogP contribution is 2.43. The van der Waals surface area contributed by atoms with Gasteiger partial charge < -0.3 is 0 Å². The van der Waals surface area contributed by atoms with E-state index in [2.05, 4.69) is 220 Å². The van der Waals surface area contributed by atoms with Gasteiger partial charge in [-0.2, -0.15) is 0 Å². The molecule has 12 aromatic rings. The first kappa shape index (κ1) is 31.6. The van der Waals surface area contributed by atoms with Crippen LogP contribution in [-0.4, -0.2) is 18.9 Å². The maximum Gasteiger partial charge on any atom is 0.138 e. The molecule has 0 aliphatic heterocycles. The number of aromatic nitrogens is 4. The summed E-state index contributed by atoms with van der Waals surface area (Å²) in [6.07, 6.45) is 0. The van der Waals surface area contributed by atoms with Gasteiger partial charge in [0, 0.05) is 37.9 Å². The summed E-state index contributed by atoms with van der Waals surface area (Å²) in [7, 11) is 0. The fourth-order valence-electron chi connectivity index (χ4n) is 9.12. The van der Waals surface area contributed by atoms with E-state index in [4.69, 9.17) is 4.98 Å². The van der Waals surface area contributed by atoms with E-state index in [9.17, 15) is 0 Å². The second kappa shape index (κ2) is 12.4. The molecule has 0 N–H and O–H groups in total. The highest BCUT2D eigenvalue weighted by molar-refractivity contribution is 6.28. The number of rotatable bonds is 5. The lowest BCUT2D eigenvalue weighted by Gasteiger charge is -2.14. The minimum Gasteiger partial charge on any atom is -0.294 e. The monoisotopic (exact) mass is 726 g/mol. The molecule has 0 saturated carbocycles. The second-order valence-corrected chi connectivity index (χ2v) is 14.8. The van der Waals surface area contributed by atoms with Gasteiger partial charge in [0.15, 0.2) is 0 Å². The second-order valence-electron chi connectivity index (χ2n) is 14.8. The largest absolute Gasteiger partial charge is 0.294 e. The van der Waals surface area contributed by atoms with Crippen LogP contribution in [0.2, 0.25) is 0 Å². The number of nitrogens with zero attached hydrogens (tertiary/aromatic N) is 4. The third kappa shape index (κ3) is 4.77. The van der Waals surface area contributed by atoms with Gasteiger partial charge in [-0.05, 0) is 70.8 Å². The number of pyridine rings is 1. The Hall–Kier alpha value is -7.69. The Morgan fingerprint density at radius 1 is 0.281 bits per heavy atom. The van der Waals surface area contributed by atoms with Crippen molar-refractivity contribution in [2.45, 2.75) is 0 Å². The smallest absolute Gasteiger partial charge is 0.138 e. The molecule has 12 rings (SSSR count). The lowest BCUT2D eigenvalue weighted by Crippen LogP contribution is -2.08. The van der Waals surface area contributed by atoms with Crippen molar-refractivity contribution in [1.29, 1.82) is 0 Å². The lowest BCUT2D eigenvalue weighted by atomic mass is 9.99. The zero-order chi connectivity index (χ0) is 37.5. The van der Waals surface area contributed by atoms with Gasteiger partial charge in [0.25, 0.3) is 0 Å². The maximum absolute atomic E-state index is 5.45. The molecule has 4 heterocycles. The summed E-state index contributed by atoms with van der Waals surface area (Å²) >= 11 is 0. The summed E-state index contributed by atoms with van der Waals surface area (Å²) in [6.45, 7) is 0. The van der Waals surface area contributed by atoms with E-state index in [1.54, 1.807) is 0 Å². The van der Waals surface area contributed by atoms with Crippen LogP contribution in [0.4, 0.5) is 0 Å². The normalized spacial score (nSPS) is 11.9. The minimum atomic E-state index is 0.884. The zero-order valence-corrected chi connectivity index (χ0v) is 30.9. The first-order valence-corrected chi connectivity index (χ1v) is 19.5. The molecule has 0 saturated heterocycles. The summed E-state index contributed by atoms with van der Waals surface area (Å²) < 4.78 is 7.19. The molecule has 4 heteroatoms. The van der Waals surface area contributed by atoms with Crippen LogP contribution in [-0.2, 0) is 0 Å².